The minimum Gasteiger partial charge on any atom is -0.383 e. The van der Waals surface area contributed by atoms with Crippen molar-refractivity contribution in [3.05, 3.63) is 57.2 Å². The molecule has 3 rings (SSSR count). The summed E-state index contributed by atoms with van der Waals surface area (Å²) < 4.78 is 5.08. The minimum absolute atomic E-state index is 0.226. The van der Waals surface area contributed by atoms with Crippen LogP contribution in [0.5, 0.6) is 0 Å². The summed E-state index contributed by atoms with van der Waals surface area (Å²) >= 11 is 6.27. The normalized spacial score (nSPS) is 13.5. The maximum absolute atomic E-state index is 9.55. The molecule has 6 nitrogen and oxygen atoms in total. The van der Waals surface area contributed by atoms with E-state index in [1.54, 1.807) is 13.2 Å². The van der Waals surface area contributed by atoms with Crippen LogP contribution in [0.25, 0.3) is 0 Å². The predicted molar refractivity (Wildman–Crippen MR) is 103 cm³/mol. The molecular weight excluding hydrogens is 362 g/mol. The Balaban J connectivity index is 1.85. The van der Waals surface area contributed by atoms with Gasteiger partial charge in [0.1, 0.15) is 17.0 Å². The van der Waals surface area contributed by atoms with Crippen LogP contribution in [0.15, 0.2) is 24.3 Å². The molecule has 2 aromatic rings. The predicted octanol–water partition coefficient (Wildman–Crippen LogP) is 3.09. The minimum atomic E-state index is 0.226. The van der Waals surface area contributed by atoms with Gasteiger partial charge in [0.2, 0.25) is 0 Å². The smallest absolute Gasteiger partial charge is 0.149 e. The van der Waals surface area contributed by atoms with Crippen LogP contribution in [-0.2, 0) is 24.2 Å². The summed E-state index contributed by atoms with van der Waals surface area (Å²) in [6.07, 6.45) is 0.779. The van der Waals surface area contributed by atoms with E-state index in [9.17, 15) is 5.26 Å². The third-order valence-electron chi connectivity index (χ3n) is 4.60. The number of fused-ring (bicyclic) bond motifs is 1. The second-order valence-corrected chi connectivity index (χ2v) is 6.75. The maximum Gasteiger partial charge on any atom is 0.149 e. The molecule has 7 heteroatoms. The standard InChI is InChI=1S/C20H20ClN5O/c1-27-8-6-24-20-16-5-7-26(12-15-4-2-3-14(9-15)10-22)13-18(16)17(11-23)19(21)25-20/h2-4,9H,5-8,12-13H2,1H3,(H,24,25). The van der Waals surface area contributed by atoms with Crippen molar-refractivity contribution in [1.82, 2.24) is 9.88 Å². The van der Waals surface area contributed by atoms with Gasteiger partial charge in [-0.2, -0.15) is 10.5 Å². The number of nitriles is 2. The van der Waals surface area contributed by atoms with E-state index in [-0.39, 0.29) is 5.15 Å². The first-order valence-corrected chi connectivity index (χ1v) is 9.09. The van der Waals surface area contributed by atoms with Crippen LogP contribution in [0.2, 0.25) is 5.15 Å². The molecule has 0 unspecified atom stereocenters. The van der Waals surface area contributed by atoms with E-state index in [0.29, 0.717) is 37.4 Å². The van der Waals surface area contributed by atoms with Gasteiger partial charge in [0, 0.05) is 38.9 Å². The van der Waals surface area contributed by atoms with Gasteiger partial charge in [-0.25, -0.2) is 4.98 Å². The van der Waals surface area contributed by atoms with E-state index in [0.717, 1.165) is 35.5 Å². The van der Waals surface area contributed by atoms with Crippen molar-refractivity contribution >= 4 is 17.4 Å². The fourth-order valence-corrected chi connectivity index (χ4v) is 3.56. The van der Waals surface area contributed by atoms with Crippen molar-refractivity contribution in [2.24, 2.45) is 0 Å². The summed E-state index contributed by atoms with van der Waals surface area (Å²) in [4.78, 5) is 6.64. The Hall–Kier alpha value is -2.64. The molecule has 1 aliphatic rings. The van der Waals surface area contributed by atoms with Gasteiger partial charge in [-0.05, 0) is 29.7 Å². The number of benzene rings is 1. The van der Waals surface area contributed by atoms with Gasteiger partial charge in [-0.1, -0.05) is 23.7 Å². The van der Waals surface area contributed by atoms with Gasteiger partial charge in [-0.15, -0.1) is 0 Å². The molecule has 0 atom stereocenters. The monoisotopic (exact) mass is 381 g/mol. The van der Waals surface area contributed by atoms with Gasteiger partial charge >= 0.3 is 0 Å². The van der Waals surface area contributed by atoms with Crippen molar-refractivity contribution in [1.29, 1.82) is 10.5 Å². The number of halogens is 1. The highest BCUT2D eigenvalue weighted by Crippen LogP contribution is 2.32. The number of anilines is 1. The lowest BCUT2D eigenvalue weighted by Gasteiger charge is -2.30. The molecule has 1 aliphatic heterocycles. The van der Waals surface area contributed by atoms with Crippen LogP contribution >= 0.6 is 11.6 Å². The lowest BCUT2D eigenvalue weighted by atomic mass is 9.96. The molecule has 1 aromatic carbocycles. The van der Waals surface area contributed by atoms with Gasteiger partial charge < -0.3 is 10.1 Å². The van der Waals surface area contributed by atoms with E-state index < -0.39 is 0 Å². The Kier molecular flexibility index (Phi) is 6.26. The quantitative estimate of drug-likeness (QED) is 0.611. The first kappa shape index (κ1) is 19.1. The highest BCUT2D eigenvalue weighted by Gasteiger charge is 2.25. The summed E-state index contributed by atoms with van der Waals surface area (Å²) in [5.74, 6) is 0.733. The Morgan fingerprint density at radius 1 is 1.30 bits per heavy atom. The first-order valence-electron chi connectivity index (χ1n) is 8.71. The lowest BCUT2D eigenvalue weighted by Crippen LogP contribution is -2.32. The molecule has 27 heavy (non-hydrogen) atoms. The number of hydrogen-bond acceptors (Lipinski definition) is 6. The number of hydrogen-bond donors (Lipinski definition) is 1. The maximum atomic E-state index is 9.55. The Morgan fingerprint density at radius 3 is 2.89 bits per heavy atom. The van der Waals surface area contributed by atoms with E-state index in [2.05, 4.69) is 27.3 Å². The molecule has 1 aromatic heterocycles. The van der Waals surface area contributed by atoms with E-state index >= 15 is 0 Å². The molecule has 0 amide bonds. The van der Waals surface area contributed by atoms with E-state index in [1.807, 2.05) is 18.2 Å². The van der Waals surface area contributed by atoms with Crippen LogP contribution in [0, 0.1) is 22.7 Å². The molecule has 0 aliphatic carbocycles. The average molecular weight is 382 g/mol. The van der Waals surface area contributed by atoms with E-state index in [1.165, 1.54) is 0 Å². The number of ether oxygens (including phenoxy) is 1. The Bertz CT molecular complexity index is 916. The molecular formula is C20H20ClN5O. The van der Waals surface area contributed by atoms with Crippen LogP contribution in [0.1, 0.15) is 27.8 Å². The molecule has 0 radical (unpaired) electrons. The zero-order valence-corrected chi connectivity index (χ0v) is 15.9. The zero-order valence-electron chi connectivity index (χ0n) is 15.1. The fourth-order valence-electron chi connectivity index (χ4n) is 3.32. The Morgan fingerprint density at radius 2 is 2.15 bits per heavy atom. The van der Waals surface area contributed by atoms with Crippen molar-refractivity contribution < 1.29 is 4.74 Å². The number of aromatic nitrogens is 1. The third-order valence-corrected chi connectivity index (χ3v) is 4.87. The van der Waals surface area contributed by atoms with Crippen molar-refractivity contribution in [3.8, 4) is 12.1 Å². The number of pyridine rings is 1. The van der Waals surface area contributed by atoms with Crippen LogP contribution in [0.3, 0.4) is 0 Å². The zero-order chi connectivity index (χ0) is 19.2. The number of rotatable bonds is 6. The highest BCUT2D eigenvalue weighted by molar-refractivity contribution is 6.30. The Labute approximate surface area is 163 Å². The third kappa shape index (κ3) is 4.37. The van der Waals surface area contributed by atoms with Gasteiger partial charge in [0.25, 0.3) is 0 Å². The van der Waals surface area contributed by atoms with Crippen molar-refractivity contribution in [2.75, 3.05) is 32.1 Å². The van der Waals surface area contributed by atoms with Crippen molar-refractivity contribution in [2.45, 2.75) is 19.5 Å². The second kappa shape index (κ2) is 8.83. The molecule has 0 fully saturated rings. The lowest BCUT2D eigenvalue weighted by molar-refractivity contribution is 0.210. The highest BCUT2D eigenvalue weighted by atomic mass is 35.5. The van der Waals surface area contributed by atoms with Gasteiger partial charge in [0.15, 0.2) is 0 Å². The topological polar surface area (TPSA) is 85.0 Å². The molecule has 1 N–H and O–H groups in total. The molecule has 0 bridgehead atoms. The molecule has 0 saturated carbocycles. The SMILES string of the molecule is COCCNc1nc(Cl)c(C#N)c2c1CCN(Cc1cccc(C#N)c1)C2. The summed E-state index contributed by atoms with van der Waals surface area (Å²) in [5, 5.41) is 22.1. The van der Waals surface area contributed by atoms with Crippen LogP contribution in [0.4, 0.5) is 5.82 Å². The first-order chi connectivity index (χ1) is 13.2. The molecule has 2 heterocycles. The molecule has 0 spiro atoms. The number of nitrogens with one attached hydrogen (secondary N) is 1. The summed E-state index contributed by atoms with van der Waals surface area (Å²) in [7, 11) is 1.65. The summed E-state index contributed by atoms with van der Waals surface area (Å²) in [5.41, 5.74) is 4.16. The van der Waals surface area contributed by atoms with Crippen molar-refractivity contribution in [3.63, 3.8) is 0 Å². The number of methoxy groups -OCH3 is 1. The van der Waals surface area contributed by atoms with Crippen LogP contribution < -0.4 is 5.32 Å². The fraction of sp³-hybridized carbons (Fsp3) is 0.350. The largest absolute Gasteiger partial charge is 0.383 e. The van der Waals surface area contributed by atoms with Crippen LogP contribution in [-0.4, -0.2) is 36.7 Å². The summed E-state index contributed by atoms with van der Waals surface area (Å²) in [6, 6.07) is 12.0. The van der Waals surface area contributed by atoms with Gasteiger partial charge in [-0.3, -0.25) is 4.90 Å². The van der Waals surface area contributed by atoms with Gasteiger partial charge in [0.05, 0.1) is 23.8 Å². The average Bonchev–Trinajstić information content (AvgIpc) is 2.68. The second-order valence-electron chi connectivity index (χ2n) is 6.39. The molecule has 138 valence electrons. The molecule has 0 saturated heterocycles. The van der Waals surface area contributed by atoms with E-state index in [4.69, 9.17) is 21.6 Å². The summed E-state index contributed by atoms with van der Waals surface area (Å²) in [6.45, 7) is 3.37. The number of nitrogens with zero attached hydrogens (tertiary/aromatic N) is 4.